The zero-order chi connectivity index (χ0) is 20.6. The number of aliphatic imine (C=N–C) groups is 1. The van der Waals surface area contributed by atoms with Crippen molar-refractivity contribution in [2.75, 3.05) is 12.0 Å². The van der Waals surface area contributed by atoms with Crippen molar-refractivity contribution in [3.05, 3.63) is 53.3 Å². The van der Waals surface area contributed by atoms with Gasteiger partial charge < -0.3 is 19.5 Å². The summed E-state index contributed by atoms with van der Waals surface area (Å²) in [4.78, 5) is 16.8. The van der Waals surface area contributed by atoms with Crippen molar-refractivity contribution in [2.24, 2.45) is 4.99 Å². The van der Waals surface area contributed by atoms with Crippen LogP contribution in [0.15, 0.2) is 41.4 Å². The molecule has 1 aliphatic rings. The number of halogens is 4. The molecular formula is C19H15F4N2O3-. The molecule has 0 aliphatic carbocycles. The zero-order valence-electron chi connectivity index (χ0n) is 14.9. The molecular weight excluding hydrogens is 380 g/mol. The van der Waals surface area contributed by atoms with E-state index in [2.05, 4.69) is 4.99 Å². The van der Waals surface area contributed by atoms with E-state index in [1.54, 1.807) is 0 Å². The number of methoxy groups -OCH3 is 1. The summed E-state index contributed by atoms with van der Waals surface area (Å²) in [5, 5.41) is 11.3. The van der Waals surface area contributed by atoms with E-state index in [-0.39, 0.29) is 28.5 Å². The fourth-order valence-corrected chi connectivity index (χ4v) is 3.26. The first kappa shape index (κ1) is 19.7. The Balaban J connectivity index is 2.24. The smallest absolute Gasteiger partial charge is 0.416 e. The van der Waals surface area contributed by atoms with Crippen LogP contribution in [0.25, 0.3) is 0 Å². The molecule has 0 N–H and O–H groups in total. The zero-order valence-corrected chi connectivity index (χ0v) is 14.9. The number of carbonyl (C=O) groups excluding carboxylic acids is 1. The third kappa shape index (κ3) is 3.51. The number of carboxylic acid groups (broad SMARTS) is 1. The average Bonchev–Trinajstić information content (AvgIpc) is 2.61. The molecule has 0 radical (unpaired) electrons. The summed E-state index contributed by atoms with van der Waals surface area (Å²) in [7, 11) is 1.28. The number of ether oxygens (including phenoxy) is 1. The van der Waals surface area contributed by atoms with E-state index in [4.69, 9.17) is 4.74 Å². The minimum atomic E-state index is -4.62. The Bertz CT molecular complexity index is 957. The average molecular weight is 395 g/mol. The van der Waals surface area contributed by atoms with Gasteiger partial charge in [0, 0.05) is 18.0 Å². The lowest BCUT2D eigenvalue weighted by atomic mass is 9.96. The number of fused-ring (bicyclic) bond motifs is 1. The standard InChI is InChI=1S/C19H16F4N2O3/c1-10-24-18-12(4-3-5-13(18)20)14(9-17(26)27)25(10)15-8-11(19(21,22)23)6-7-16(15)28-2/h3-8,14H,9H2,1-2H3,(H,26,27)/p-1. The van der Waals surface area contributed by atoms with Crippen molar-refractivity contribution in [3.8, 4) is 5.75 Å². The number of amidine groups is 1. The fourth-order valence-electron chi connectivity index (χ4n) is 3.26. The van der Waals surface area contributed by atoms with E-state index in [1.165, 1.54) is 37.1 Å². The van der Waals surface area contributed by atoms with Crippen molar-refractivity contribution >= 4 is 23.2 Å². The molecule has 1 heterocycles. The Morgan fingerprint density at radius 1 is 1.29 bits per heavy atom. The number of anilines is 1. The SMILES string of the molecule is COc1ccc(C(F)(F)F)cc1N1C(C)=Nc2c(F)cccc2C1CC(=O)[O-]. The number of benzene rings is 2. The van der Waals surface area contributed by atoms with Crippen molar-refractivity contribution in [3.63, 3.8) is 0 Å². The minimum Gasteiger partial charge on any atom is -0.550 e. The maximum atomic E-state index is 14.2. The molecule has 148 valence electrons. The molecule has 2 aromatic carbocycles. The van der Waals surface area contributed by atoms with Crippen molar-refractivity contribution in [1.29, 1.82) is 0 Å². The number of hydrogen-bond acceptors (Lipinski definition) is 5. The normalized spacial score (nSPS) is 16.4. The molecule has 1 atom stereocenters. The molecule has 0 saturated carbocycles. The fraction of sp³-hybridized carbons (Fsp3) is 0.263. The minimum absolute atomic E-state index is 0.0280. The number of carbonyl (C=O) groups is 1. The van der Waals surface area contributed by atoms with Crippen LogP contribution in [0.2, 0.25) is 0 Å². The summed E-state index contributed by atoms with van der Waals surface area (Å²) in [5.74, 6) is -1.88. The van der Waals surface area contributed by atoms with Crippen LogP contribution in [0.1, 0.15) is 30.5 Å². The first-order valence-electron chi connectivity index (χ1n) is 8.21. The van der Waals surface area contributed by atoms with Crippen LogP contribution in [0.4, 0.5) is 28.9 Å². The number of aliphatic carboxylic acids is 1. The molecule has 9 heteroatoms. The highest BCUT2D eigenvalue weighted by Crippen LogP contribution is 2.45. The predicted molar refractivity (Wildman–Crippen MR) is 92.0 cm³/mol. The molecule has 28 heavy (non-hydrogen) atoms. The van der Waals surface area contributed by atoms with Crippen molar-refractivity contribution in [2.45, 2.75) is 25.6 Å². The maximum absolute atomic E-state index is 14.2. The number of rotatable bonds is 4. The number of hydrogen-bond donors (Lipinski definition) is 0. The van der Waals surface area contributed by atoms with Gasteiger partial charge >= 0.3 is 6.18 Å². The van der Waals surface area contributed by atoms with Gasteiger partial charge in [-0.05, 0) is 31.2 Å². The highest BCUT2D eigenvalue weighted by molar-refractivity contribution is 6.02. The Morgan fingerprint density at radius 2 is 2.00 bits per heavy atom. The van der Waals surface area contributed by atoms with Gasteiger partial charge in [-0.2, -0.15) is 13.2 Å². The summed E-state index contributed by atoms with van der Waals surface area (Å²) in [6, 6.07) is 5.87. The summed E-state index contributed by atoms with van der Waals surface area (Å²) in [5.41, 5.74) is -0.782. The molecule has 1 unspecified atom stereocenters. The third-order valence-electron chi connectivity index (χ3n) is 4.44. The number of para-hydroxylation sites is 1. The van der Waals surface area contributed by atoms with E-state index in [0.29, 0.717) is 0 Å². The molecule has 2 aromatic rings. The van der Waals surface area contributed by atoms with Crippen LogP contribution in [-0.4, -0.2) is 18.9 Å². The van der Waals surface area contributed by atoms with Gasteiger partial charge in [-0.25, -0.2) is 9.38 Å². The van der Waals surface area contributed by atoms with Crippen LogP contribution in [-0.2, 0) is 11.0 Å². The molecule has 0 saturated heterocycles. The Kier molecular flexibility index (Phi) is 5.01. The van der Waals surface area contributed by atoms with E-state index >= 15 is 0 Å². The Labute approximate surface area is 157 Å². The molecule has 0 aromatic heterocycles. The largest absolute Gasteiger partial charge is 0.550 e. The molecule has 0 fully saturated rings. The van der Waals surface area contributed by atoms with E-state index in [0.717, 1.165) is 18.2 Å². The molecule has 5 nitrogen and oxygen atoms in total. The van der Waals surface area contributed by atoms with Gasteiger partial charge in [0.2, 0.25) is 0 Å². The maximum Gasteiger partial charge on any atom is 0.416 e. The van der Waals surface area contributed by atoms with Gasteiger partial charge in [-0.1, -0.05) is 12.1 Å². The number of alkyl halides is 3. The van der Waals surface area contributed by atoms with Crippen LogP contribution >= 0.6 is 0 Å². The Morgan fingerprint density at radius 3 is 2.61 bits per heavy atom. The van der Waals surface area contributed by atoms with Crippen LogP contribution in [0.3, 0.4) is 0 Å². The van der Waals surface area contributed by atoms with E-state index in [1.807, 2.05) is 0 Å². The van der Waals surface area contributed by atoms with Gasteiger partial charge in [-0.3, -0.25) is 0 Å². The summed E-state index contributed by atoms with van der Waals surface area (Å²) < 4.78 is 59.0. The van der Waals surface area contributed by atoms with Crippen LogP contribution in [0.5, 0.6) is 5.75 Å². The second-order valence-electron chi connectivity index (χ2n) is 6.18. The Hall–Kier alpha value is -3.10. The van der Waals surface area contributed by atoms with Crippen LogP contribution < -0.4 is 14.7 Å². The monoisotopic (exact) mass is 395 g/mol. The predicted octanol–water partition coefficient (Wildman–Crippen LogP) is 3.60. The summed E-state index contributed by atoms with van der Waals surface area (Å²) in [6.07, 6.45) is -5.20. The van der Waals surface area contributed by atoms with E-state index in [9.17, 15) is 27.5 Å². The molecule has 0 spiro atoms. The quantitative estimate of drug-likeness (QED) is 0.742. The second kappa shape index (κ2) is 7.14. The van der Waals surface area contributed by atoms with Crippen molar-refractivity contribution < 1.29 is 32.2 Å². The van der Waals surface area contributed by atoms with Crippen molar-refractivity contribution in [1.82, 2.24) is 0 Å². The number of nitrogens with zero attached hydrogens (tertiary/aromatic N) is 2. The molecule has 3 rings (SSSR count). The highest BCUT2D eigenvalue weighted by atomic mass is 19.4. The van der Waals surface area contributed by atoms with E-state index < -0.39 is 36.0 Å². The van der Waals surface area contributed by atoms with Gasteiger partial charge in [0.05, 0.1) is 24.4 Å². The lowest BCUT2D eigenvalue weighted by Crippen LogP contribution is -2.39. The summed E-state index contributed by atoms with van der Waals surface area (Å²) in [6.45, 7) is 1.46. The lowest BCUT2D eigenvalue weighted by molar-refractivity contribution is -0.306. The molecule has 0 bridgehead atoms. The summed E-state index contributed by atoms with van der Waals surface area (Å²) >= 11 is 0. The topological polar surface area (TPSA) is 65.0 Å². The first-order valence-corrected chi connectivity index (χ1v) is 8.21. The van der Waals surface area contributed by atoms with Gasteiger partial charge in [-0.15, -0.1) is 0 Å². The second-order valence-corrected chi connectivity index (χ2v) is 6.18. The first-order chi connectivity index (χ1) is 13.1. The lowest BCUT2D eigenvalue weighted by Gasteiger charge is -2.38. The molecule has 1 aliphatic heterocycles. The molecule has 0 amide bonds. The van der Waals surface area contributed by atoms with Gasteiger partial charge in [0.1, 0.15) is 23.1 Å². The van der Waals surface area contributed by atoms with Gasteiger partial charge in [0.25, 0.3) is 0 Å². The van der Waals surface area contributed by atoms with Crippen LogP contribution in [0, 0.1) is 5.82 Å². The third-order valence-corrected chi connectivity index (χ3v) is 4.44. The highest BCUT2D eigenvalue weighted by Gasteiger charge is 2.36. The van der Waals surface area contributed by atoms with Gasteiger partial charge in [0.15, 0.2) is 0 Å². The number of carboxylic acids is 1.